The Morgan fingerprint density at radius 2 is 1.79 bits per heavy atom. The van der Waals surface area contributed by atoms with Crippen LogP contribution >= 0.6 is 11.6 Å². The van der Waals surface area contributed by atoms with Crippen LogP contribution in [0.4, 0.5) is 0 Å². The molecule has 14 heteroatoms. The first-order valence-electron chi connectivity index (χ1n) is 13.2. The molecule has 0 saturated carbocycles. The summed E-state index contributed by atoms with van der Waals surface area (Å²) in [4.78, 5) is 13.1. The number of ether oxygens (including phenoxy) is 4. The molecule has 1 aliphatic rings. The van der Waals surface area contributed by atoms with Gasteiger partial charge in [-0.05, 0) is 39.0 Å². The van der Waals surface area contributed by atoms with E-state index in [0.29, 0.717) is 39.5 Å². The predicted octanol–water partition coefficient (Wildman–Crippen LogP) is 4.25. The fraction of sp³-hybridized carbons (Fsp3) is 0.393. The minimum Gasteiger partial charge on any atom is -0.493 e. The summed E-state index contributed by atoms with van der Waals surface area (Å²) in [7, 11) is -0.834. The van der Waals surface area contributed by atoms with E-state index in [9.17, 15) is 8.42 Å². The van der Waals surface area contributed by atoms with Crippen LogP contribution in [0, 0.1) is 0 Å². The molecule has 0 amide bonds. The first kappa shape index (κ1) is 29.7. The maximum atomic E-state index is 14.0. The van der Waals surface area contributed by atoms with Crippen molar-refractivity contribution in [3.63, 3.8) is 0 Å². The highest BCUT2D eigenvalue weighted by Crippen LogP contribution is 2.42. The minimum absolute atomic E-state index is 0.110. The van der Waals surface area contributed by atoms with Crippen LogP contribution in [0.15, 0.2) is 48.8 Å². The summed E-state index contributed by atoms with van der Waals surface area (Å²) in [6.07, 6.45) is 1.59. The van der Waals surface area contributed by atoms with Crippen molar-refractivity contribution < 1.29 is 27.4 Å². The molecule has 0 radical (unpaired) electrons. The molecule has 3 atom stereocenters. The van der Waals surface area contributed by atoms with Crippen LogP contribution in [0.2, 0.25) is 5.02 Å². The van der Waals surface area contributed by atoms with E-state index in [1.807, 2.05) is 38.1 Å². The second-order valence-electron chi connectivity index (χ2n) is 9.96. The second-order valence-corrected chi connectivity index (χ2v) is 12.8. The number of fused-ring (bicyclic) bond motifs is 3. The van der Waals surface area contributed by atoms with E-state index in [1.165, 1.54) is 19.5 Å². The maximum absolute atomic E-state index is 14.0. The number of para-hydroxylation sites is 1. The summed E-state index contributed by atoms with van der Waals surface area (Å²) >= 11 is 5.97. The molecule has 4 heterocycles. The number of nitrogens with zero attached hydrogens (tertiary/aromatic N) is 6. The lowest BCUT2D eigenvalue weighted by Crippen LogP contribution is -2.32. The van der Waals surface area contributed by atoms with Crippen LogP contribution in [-0.4, -0.2) is 70.3 Å². The normalized spacial score (nSPS) is 16.1. The summed E-state index contributed by atoms with van der Waals surface area (Å²) in [5, 5.41) is 8.12. The molecule has 5 rings (SSSR count). The number of hydrogen-bond acceptors (Lipinski definition) is 11. The van der Waals surface area contributed by atoms with E-state index in [-0.39, 0.29) is 24.4 Å². The van der Waals surface area contributed by atoms with Gasteiger partial charge in [-0.15, -0.1) is 10.2 Å². The lowest BCUT2D eigenvalue weighted by Gasteiger charge is -2.25. The highest BCUT2D eigenvalue weighted by Gasteiger charge is 2.38. The number of benzene rings is 1. The molecule has 0 saturated heterocycles. The van der Waals surface area contributed by atoms with Gasteiger partial charge in [0.1, 0.15) is 30.3 Å². The van der Waals surface area contributed by atoms with Crippen molar-refractivity contribution in [2.24, 2.45) is 0 Å². The summed E-state index contributed by atoms with van der Waals surface area (Å²) in [6, 6.07) is 10.2. The Labute approximate surface area is 248 Å². The number of aromatic nitrogens is 6. The molecule has 0 unspecified atom stereocenters. The first-order chi connectivity index (χ1) is 20.1. The van der Waals surface area contributed by atoms with E-state index < -0.39 is 33.0 Å². The highest BCUT2D eigenvalue weighted by molar-refractivity contribution is 7.91. The minimum atomic E-state index is -3.91. The molecule has 0 N–H and O–H groups in total. The maximum Gasteiger partial charge on any atom is 0.213 e. The molecule has 1 aromatic carbocycles. The summed E-state index contributed by atoms with van der Waals surface area (Å²) in [5.74, 6) is 1.81. The van der Waals surface area contributed by atoms with Gasteiger partial charge in [0.2, 0.25) is 5.88 Å². The molecule has 0 fully saturated rings. The van der Waals surface area contributed by atoms with Crippen molar-refractivity contribution in [1.82, 2.24) is 29.7 Å². The van der Waals surface area contributed by atoms with Crippen molar-refractivity contribution in [2.45, 2.75) is 50.0 Å². The quantitative estimate of drug-likeness (QED) is 0.253. The third-order valence-electron chi connectivity index (χ3n) is 6.84. The molecule has 12 nitrogen and oxygen atoms in total. The smallest absolute Gasteiger partial charge is 0.213 e. The lowest BCUT2D eigenvalue weighted by atomic mass is 10.1. The van der Waals surface area contributed by atoms with Crippen molar-refractivity contribution in [2.75, 3.05) is 20.8 Å². The average molecular weight is 615 g/mol. The SMILES string of the molecule is COc1cccc([C@@H]2COc3c(OC)cccc3-c3nnc(CS(=O)(=O)[C@@H](C)[C@@H](OC(C)C)c4ncc(Cl)cn4)n32)n1. The van der Waals surface area contributed by atoms with E-state index in [0.717, 1.165) is 0 Å². The van der Waals surface area contributed by atoms with Gasteiger partial charge in [0.15, 0.2) is 33.0 Å². The van der Waals surface area contributed by atoms with Gasteiger partial charge in [0.25, 0.3) is 0 Å². The van der Waals surface area contributed by atoms with Gasteiger partial charge in [0, 0.05) is 18.5 Å². The van der Waals surface area contributed by atoms with Crippen molar-refractivity contribution in [3.05, 3.63) is 71.2 Å². The Balaban J connectivity index is 1.59. The third-order valence-corrected chi connectivity index (χ3v) is 9.07. The number of hydrogen-bond donors (Lipinski definition) is 0. The molecule has 3 aromatic heterocycles. The van der Waals surface area contributed by atoms with Crippen molar-refractivity contribution in [3.8, 4) is 28.8 Å². The molecule has 222 valence electrons. The number of sulfone groups is 1. The van der Waals surface area contributed by atoms with Gasteiger partial charge in [-0.2, -0.15) is 0 Å². The monoisotopic (exact) mass is 614 g/mol. The standard InChI is InChI=1S/C28H31ClN6O6S/c1-16(2)41-25(27-30-12-18(29)13-31-27)17(3)42(36,37)15-23-33-34-28-19-8-6-10-22(38-4)26(19)40-14-21(35(23)28)20-9-7-11-24(32-20)39-5/h6-13,16-17,21,25H,14-15H2,1-5H3/t17-,21-,25+/m0/s1. The van der Waals surface area contributed by atoms with Crippen LogP contribution in [0.5, 0.6) is 17.4 Å². The lowest BCUT2D eigenvalue weighted by molar-refractivity contribution is 0.00142. The van der Waals surface area contributed by atoms with Gasteiger partial charge in [-0.1, -0.05) is 23.7 Å². The largest absolute Gasteiger partial charge is 0.493 e. The number of pyridine rings is 1. The molecular weight excluding hydrogens is 584 g/mol. The average Bonchev–Trinajstić information content (AvgIpc) is 3.29. The number of methoxy groups -OCH3 is 2. The van der Waals surface area contributed by atoms with Crippen LogP contribution in [-0.2, 0) is 20.3 Å². The van der Waals surface area contributed by atoms with E-state index in [4.69, 9.17) is 30.5 Å². The molecule has 0 aliphatic carbocycles. The molecule has 0 spiro atoms. The zero-order chi connectivity index (χ0) is 30.0. The van der Waals surface area contributed by atoms with Gasteiger partial charge < -0.3 is 18.9 Å². The van der Waals surface area contributed by atoms with Gasteiger partial charge in [-0.3, -0.25) is 4.57 Å². The fourth-order valence-electron chi connectivity index (χ4n) is 4.76. The summed E-state index contributed by atoms with van der Waals surface area (Å²) in [6.45, 7) is 5.32. The Kier molecular flexibility index (Phi) is 8.62. The topological polar surface area (TPSA) is 140 Å². The van der Waals surface area contributed by atoms with Crippen molar-refractivity contribution >= 4 is 21.4 Å². The zero-order valence-corrected chi connectivity index (χ0v) is 25.3. The molecular formula is C28H31ClN6O6S. The number of rotatable bonds is 10. The van der Waals surface area contributed by atoms with Crippen LogP contribution in [0.3, 0.4) is 0 Å². The van der Waals surface area contributed by atoms with Crippen LogP contribution in [0.25, 0.3) is 11.4 Å². The second kappa shape index (κ2) is 12.2. The summed E-state index contributed by atoms with van der Waals surface area (Å²) in [5.41, 5.74) is 1.20. The molecule has 0 bridgehead atoms. The van der Waals surface area contributed by atoms with E-state index >= 15 is 0 Å². The Hall–Kier alpha value is -3.81. The fourth-order valence-corrected chi connectivity index (χ4v) is 6.24. The van der Waals surface area contributed by atoms with E-state index in [1.54, 1.807) is 30.7 Å². The third kappa shape index (κ3) is 5.90. The Morgan fingerprint density at radius 1 is 1.05 bits per heavy atom. The zero-order valence-electron chi connectivity index (χ0n) is 23.8. The highest BCUT2D eigenvalue weighted by atomic mass is 35.5. The first-order valence-corrected chi connectivity index (χ1v) is 15.3. The molecule has 1 aliphatic heterocycles. The Morgan fingerprint density at radius 3 is 2.48 bits per heavy atom. The van der Waals surface area contributed by atoms with Gasteiger partial charge in [0.05, 0.1) is 41.9 Å². The molecule has 4 aromatic rings. The van der Waals surface area contributed by atoms with Gasteiger partial charge >= 0.3 is 0 Å². The Bertz CT molecular complexity index is 1660. The van der Waals surface area contributed by atoms with Gasteiger partial charge in [-0.25, -0.2) is 23.4 Å². The van der Waals surface area contributed by atoms with Crippen molar-refractivity contribution in [1.29, 1.82) is 0 Å². The van der Waals surface area contributed by atoms with Crippen LogP contribution in [0.1, 0.15) is 50.3 Å². The summed E-state index contributed by atoms with van der Waals surface area (Å²) < 4.78 is 52.9. The van der Waals surface area contributed by atoms with Crippen LogP contribution < -0.4 is 14.2 Å². The van der Waals surface area contributed by atoms with E-state index in [2.05, 4.69) is 25.1 Å². The number of halogens is 1. The predicted molar refractivity (Wildman–Crippen MR) is 155 cm³/mol. The molecule has 42 heavy (non-hydrogen) atoms.